The van der Waals surface area contributed by atoms with Crippen LogP contribution in [0, 0.1) is 5.41 Å². The zero-order valence-electron chi connectivity index (χ0n) is 28.7. The number of aliphatic carboxylic acids is 1. The molecule has 0 saturated carbocycles. The van der Waals surface area contributed by atoms with E-state index in [0.29, 0.717) is 17.3 Å². The van der Waals surface area contributed by atoms with Crippen molar-refractivity contribution in [3.63, 3.8) is 0 Å². The van der Waals surface area contributed by atoms with Crippen LogP contribution in [0.1, 0.15) is 44.7 Å². The molecule has 0 bridgehead atoms. The number of para-hydroxylation sites is 1. The largest absolute Gasteiger partial charge is 0.480 e. The molecule has 3 rings (SSSR count). The van der Waals surface area contributed by atoms with Gasteiger partial charge in [0.1, 0.15) is 18.1 Å². The molecule has 14 nitrogen and oxygen atoms in total. The van der Waals surface area contributed by atoms with Gasteiger partial charge in [0.05, 0.1) is 22.0 Å². The average molecular weight is 783 g/mol. The van der Waals surface area contributed by atoms with E-state index >= 15 is 0 Å². The lowest BCUT2D eigenvalue weighted by Crippen LogP contribution is -2.57. The first-order chi connectivity index (χ1) is 24.7. The maximum absolute atomic E-state index is 13.6. The minimum Gasteiger partial charge on any atom is -0.480 e. The summed E-state index contributed by atoms with van der Waals surface area (Å²) in [6.45, 7) is 4.56. The number of carbonyl (C=O) groups excluding carboxylic acids is 4. The number of aromatic nitrogens is 1. The Bertz CT molecular complexity index is 1900. The molecule has 0 unspecified atom stereocenters. The number of hydrogen-bond donors (Lipinski definition) is 6. The van der Waals surface area contributed by atoms with Crippen LogP contribution in [0.15, 0.2) is 78.0 Å². The maximum atomic E-state index is 13.6. The fourth-order valence-electron chi connectivity index (χ4n) is 4.78. The summed E-state index contributed by atoms with van der Waals surface area (Å²) < 4.78 is 66.9. The second kappa shape index (κ2) is 18.1. The molecule has 0 fully saturated rings. The van der Waals surface area contributed by atoms with E-state index in [2.05, 4.69) is 26.3 Å². The van der Waals surface area contributed by atoms with Gasteiger partial charge in [-0.25, -0.2) is 8.42 Å². The lowest BCUT2D eigenvalue weighted by molar-refractivity contribution is -0.139. The fraction of sp³-hybridized carbons (Fsp3) is 0.353. The molecule has 0 spiro atoms. The molecule has 0 radical (unpaired) electrons. The normalized spacial score (nSPS) is 13.6. The number of carbonyl (C=O) groups is 5. The number of carboxylic acids is 1. The molecule has 1 heterocycles. The van der Waals surface area contributed by atoms with Gasteiger partial charge in [0.2, 0.25) is 33.7 Å². The predicted molar refractivity (Wildman–Crippen MR) is 187 cm³/mol. The number of pyridine rings is 1. The molecule has 0 aliphatic heterocycles. The highest BCUT2D eigenvalue weighted by Crippen LogP contribution is 2.36. The molecule has 286 valence electrons. The van der Waals surface area contributed by atoms with Crippen molar-refractivity contribution in [3.05, 3.63) is 89.2 Å². The average Bonchev–Trinajstić information content (AvgIpc) is 3.07. The standard InChI is InChI=1S/C34H38ClF3N6O8S/c1-33(2,3)29(31(48)41-21-7-5-4-6-8-21)43-30(47)26(17-20-13-15-39-16-14-20)42-28(46)19-40-27(45)12-11-25(32(49)50)44-53(51,52)22-9-10-24(35)23(18-22)34(36,37)38/h4-10,13-16,18,25-26,29,44H,11-12,17,19H2,1-3H3,(H,40,45)(H,41,48)(H,42,46)(H,43,47)(H,49,50)/t25-,26-,29+/m0/s1. The second-order valence-corrected chi connectivity index (χ2v) is 14.9. The molecule has 4 amide bonds. The van der Waals surface area contributed by atoms with Crippen molar-refractivity contribution in [3.8, 4) is 0 Å². The van der Waals surface area contributed by atoms with Crippen LogP contribution in [0.4, 0.5) is 18.9 Å². The van der Waals surface area contributed by atoms with Gasteiger partial charge in [-0.05, 0) is 59.9 Å². The van der Waals surface area contributed by atoms with Crippen LogP contribution in [0.25, 0.3) is 0 Å². The van der Waals surface area contributed by atoms with Gasteiger partial charge in [-0.3, -0.25) is 29.0 Å². The van der Waals surface area contributed by atoms with Gasteiger partial charge < -0.3 is 26.4 Å². The number of halogens is 4. The minimum absolute atomic E-state index is 0.0241. The van der Waals surface area contributed by atoms with E-state index in [4.69, 9.17) is 11.6 Å². The van der Waals surface area contributed by atoms with Crippen molar-refractivity contribution < 1.29 is 50.7 Å². The summed E-state index contributed by atoms with van der Waals surface area (Å²) in [5.41, 5.74) is -1.10. The zero-order valence-corrected chi connectivity index (χ0v) is 30.2. The van der Waals surface area contributed by atoms with E-state index in [9.17, 15) is 50.7 Å². The Balaban J connectivity index is 1.65. The molecule has 0 aliphatic rings. The van der Waals surface area contributed by atoms with Crippen LogP contribution in [-0.4, -0.2) is 72.8 Å². The lowest BCUT2D eigenvalue weighted by atomic mass is 9.85. The van der Waals surface area contributed by atoms with Crippen molar-refractivity contribution >= 4 is 56.9 Å². The number of carboxylic acid groups (broad SMARTS) is 1. The summed E-state index contributed by atoms with van der Waals surface area (Å²) in [7, 11) is -4.82. The monoisotopic (exact) mass is 782 g/mol. The van der Waals surface area contributed by atoms with E-state index in [1.54, 1.807) is 68.0 Å². The Morgan fingerprint density at radius 3 is 2.09 bits per heavy atom. The van der Waals surface area contributed by atoms with Crippen LogP contribution in [0.2, 0.25) is 5.02 Å². The molecule has 2 aromatic carbocycles. The Kier molecular flexibility index (Phi) is 14.5. The quantitative estimate of drug-likeness (QED) is 0.126. The topological polar surface area (TPSA) is 213 Å². The van der Waals surface area contributed by atoms with Crippen LogP contribution < -0.4 is 26.0 Å². The molecule has 19 heteroatoms. The molecule has 0 saturated heterocycles. The van der Waals surface area contributed by atoms with Crippen LogP contribution in [-0.2, 0) is 46.6 Å². The highest BCUT2D eigenvalue weighted by molar-refractivity contribution is 7.89. The molecule has 3 aromatic rings. The fourth-order valence-corrected chi connectivity index (χ4v) is 6.26. The minimum atomic E-state index is -4.99. The van der Waals surface area contributed by atoms with Crippen molar-refractivity contribution in [2.24, 2.45) is 5.41 Å². The molecule has 6 N–H and O–H groups in total. The van der Waals surface area contributed by atoms with Gasteiger partial charge in [0.15, 0.2) is 0 Å². The van der Waals surface area contributed by atoms with E-state index in [0.717, 1.165) is 6.07 Å². The van der Waals surface area contributed by atoms with Crippen molar-refractivity contribution in [2.45, 2.75) is 69.2 Å². The number of anilines is 1. The Morgan fingerprint density at radius 2 is 1.51 bits per heavy atom. The lowest BCUT2D eigenvalue weighted by Gasteiger charge is -2.32. The smallest absolute Gasteiger partial charge is 0.417 e. The van der Waals surface area contributed by atoms with E-state index in [-0.39, 0.29) is 12.5 Å². The number of amides is 4. The molecule has 53 heavy (non-hydrogen) atoms. The third-order valence-electron chi connectivity index (χ3n) is 7.55. The highest BCUT2D eigenvalue weighted by Gasteiger charge is 2.36. The number of rotatable bonds is 16. The van der Waals surface area contributed by atoms with Gasteiger partial charge in [0, 0.05) is 30.9 Å². The van der Waals surface area contributed by atoms with Gasteiger partial charge in [-0.15, -0.1) is 0 Å². The number of hydrogen-bond acceptors (Lipinski definition) is 8. The van der Waals surface area contributed by atoms with Crippen molar-refractivity contribution in [1.29, 1.82) is 0 Å². The third-order valence-corrected chi connectivity index (χ3v) is 9.35. The highest BCUT2D eigenvalue weighted by atomic mass is 35.5. The number of benzene rings is 2. The molecule has 0 aliphatic carbocycles. The van der Waals surface area contributed by atoms with Gasteiger partial charge in [0.25, 0.3) is 0 Å². The van der Waals surface area contributed by atoms with Crippen molar-refractivity contribution in [2.75, 3.05) is 11.9 Å². The molecular formula is C34H38ClF3N6O8S. The zero-order chi connectivity index (χ0) is 39.6. The first-order valence-electron chi connectivity index (χ1n) is 15.9. The Hall–Kier alpha value is -5.07. The van der Waals surface area contributed by atoms with Crippen LogP contribution in [0.3, 0.4) is 0 Å². The summed E-state index contributed by atoms with van der Waals surface area (Å²) in [4.78, 5) is 67.2. The second-order valence-electron chi connectivity index (χ2n) is 12.8. The van der Waals surface area contributed by atoms with Crippen molar-refractivity contribution in [1.82, 2.24) is 25.7 Å². The van der Waals surface area contributed by atoms with E-state index in [1.807, 2.05) is 0 Å². The van der Waals surface area contributed by atoms with E-state index < -0.39 is 104 Å². The summed E-state index contributed by atoms with van der Waals surface area (Å²) >= 11 is 5.54. The van der Waals surface area contributed by atoms with Gasteiger partial charge >= 0.3 is 12.1 Å². The first kappa shape index (κ1) is 42.3. The van der Waals surface area contributed by atoms with E-state index in [1.165, 1.54) is 12.4 Å². The third kappa shape index (κ3) is 13.1. The molecule has 1 aromatic heterocycles. The summed E-state index contributed by atoms with van der Waals surface area (Å²) in [6, 6.07) is 9.32. The van der Waals surface area contributed by atoms with Gasteiger partial charge in [-0.1, -0.05) is 50.6 Å². The van der Waals surface area contributed by atoms with Crippen LogP contribution >= 0.6 is 11.6 Å². The number of nitrogens with one attached hydrogen (secondary N) is 5. The number of sulfonamides is 1. The summed E-state index contributed by atoms with van der Waals surface area (Å²) in [5, 5.41) is 19.0. The maximum Gasteiger partial charge on any atom is 0.417 e. The number of alkyl halides is 3. The number of nitrogens with zero attached hydrogens (tertiary/aromatic N) is 1. The van der Waals surface area contributed by atoms with Crippen LogP contribution in [0.5, 0.6) is 0 Å². The summed E-state index contributed by atoms with van der Waals surface area (Å²) in [6.07, 6.45) is -3.31. The first-order valence-corrected chi connectivity index (χ1v) is 17.8. The SMILES string of the molecule is CC(C)(C)[C@H](NC(=O)[C@H](Cc1ccncc1)NC(=O)CNC(=O)CC[C@H](NS(=O)(=O)c1ccc(Cl)c(C(F)(F)F)c1)C(=O)O)C(=O)Nc1ccccc1. The molecular weight excluding hydrogens is 745 g/mol. The summed E-state index contributed by atoms with van der Waals surface area (Å²) in [5.74, 6) is -4.63. The predicted octanol–water partition coefficient (Wildman–Crippen LogP) is 3.28. The Labute approximate surface area is 308 Å². The van der Waals surface area contributed by atoms with Gasteiger partial charge in [-0.2, -0.15) is 17.9 Å². The molecule has 3 atom stereocenters. The Morgan fingerprint density at radius 1 is 0.868 bits per heavy atom.